The number of nitrogens with one attached hydrogen (secondary N) is 1. The van der Waals surface area contributed by atoms with Gasteiger partial charge in [-0.25, -0.2) is 0 Å². The largest absolute Gasteiger partial charge is 0.320 e. The van der Waals surface area contributed by atoms with Crippen LogP contribution in [0.2, 0.25) is 0 Å². The van der Waals surface area contributed by atoms with Crippen LogP contribution in [0.15, 0.2) is 36.6 Å². The van der Waals surface area contributed by atoms with E-state index in [2.05, 4.69) is 62.5 Å². The van der Waals surface area contributed by atoms with Crippen molar-refractivity contribution in [1.29, 1.82) is 0 Å². The molecule has 0 bridgehead atoms. The molecule has 0 aliphatic heterocycles. The first-order chi connectivity index (χ1) is 9.67. The predicted molar refractivity (Wildman–Crippen MR) is 88.5 cm³/mol. The maximum atomic E-state index is 4.15. The summed E-state index contributed by atoms with van der Waals surface area (Å²) in [5.74, 6) is 1.54. The number of allylic oxidation sites excluding steroid dienone is 3. The standard InChI is InChI=1S/C18H32N2/c1-5-12-20-13-11-15(2)7-6-8-17-14-18(19-4)10-9-16(17)3/h9-11,13,16-20H,2,5-8,12,14H2,1,3-4H3/p+1. The SMILES string of the molecule is C=C(C=C[NH2+]CCC)CCCC1CC(NC)C=CC1C. The summed E-state index contributed by atoms with van der Waals surface area (Å²) in [7, 11) is 2.06. The van der Waals surface area contributed by atoms with Crippen LogP contribution in [0.3, 0.4) is 0 Å². The van der Waals surface area contributed by atoms with Gasteiger partial charge in [-0.1, -0.05) is 32.6 Å². The number of hydrogen-bond acceptors (Lipinski definition) is 1. The molecule has 0 fully saturated rings. The summed E-state index contributed by atoms with van der Waals surface area (Å²) in [5, 5.41) is 5.61. The highest BCUT2D eigenvalue weighted by molar-refractivity contribution is 5.12. The van der Waals surface area contributed by atoms with Crippen LogP contribution in [0.5, 0.6) is 0 Å². The lowest BCUT2D eigenvalue weighted by molar-refractivity contribution is -0.587. The molecule has 20 heavy (non-hydrogen) atoms. The second-order valence-electron chi connectivity index (χ2n) is 6.07. The fraction of sp³-hybridized carbons (Fsp3) is 0.667. The third-order valence-corrected chi connectivity index (χ3v) is 4.31. The Morgan fingerprint density at radius 3 is 2.95 bits per heavy atom. The van der Waals surface area contributed by atoms with E-state index in [1.807, 2.05) is 0 Å². The van der Waals surface area contributed by atoms with E-state index >= 15 is 0 Å². The third kappa shape index (κ3) is 6.53. The number of nitrogens with two attached hydrogens (primary N) is 1. The molecular formula is C18H33N2+. The van der Waals surface area contributed by atoms with Crippen molar-refractivity contribution >= 4 is 0 Å². The Morgan fingerprint density at radius 1 is 1.45 bits per heavy atom. The van der Waals surface area contributed by atoms with Gasteiger partial charge in [0.05, 0.1) is 12.7 Å². The molecule has 2 heteroatoms. The molecule has 0 heterocycles. The monoisotopic (exact) mass is 277 g/mol. The van der Waals surface area contributed by atoms with E-state index in [0.717, 1.165) is 18.3 Å². The second-order valence-corrected chi connectivity index (χ2v) is 6.07. The van der Waals surface area contributed by atoms with Crippen molar-refractivity contribution in [3.05, 3.63) is 36.6 Å². The van der Waals surface area contributed by atoms with Gasteiger partial charge in [0.25, 0.3) is 0 Å². The van der Waals surface area contributed by atoms with E-state index in [-0.39, 0.29) is 0 Å². The first kappa shape index (κ1) is 17.2. The minimum atomic E-state index is 0.572. The molecule has 0 saturated carbocycles. The number of likely N-dealkylation sites (N-methyl/N-ethyl adjacent to an activating group) is 1. The van der Waals surface area contributed by atoms with Crippen molar-refractivity contribution in [2.24, 2.45) is 11.8 Å². The minimum absolute atomic E-state index is 0.572. The van der Waals surface area contributed by atoms with Crippen LogP contribution in [-0.2, 0) is 0 Å². The van der Waals surface area contributed by atoms with Gasteiger partial charge in [0.15, 0.2) is 0 Å². The van der Waals surface area contributed by atoms with Crippen LogP contribution in [-0.4, -0.2) is 19.6 Å². The lowest BCUT2D eigenvalue weighted by Crippen LogP contribution is -2.77. The highest BCUT2D eigenvalue weighted by Gasteiger charge is 2.22. The summed E-state index contributed by atoms with van der Waals surface area (Å²) >= 11 is 0. The normalized spacial score (nSPS) is 26.2. The molecule has 3 unspecified atom stereocenters. The molecule has 0 aromatic rings. The van der Waals surface area contributed by atoms with Crippen LogP contribution in [0.1, 0.15) is 46.0 Å². The van der Waals surface area contributed by atoms with Crippen molar-refractivity contribution in [2.75, 3.05) is 13.6 Å². The third-order valence-electron chi connectivity index (χ3n) is 4.31. The predicted octanol–water partition coefficient (Wildman–Crippen LogP) is 3.00. The molecule has 0 amide bonds. The van der Waals surface area contributed by atoms with Crippen LogP contribution >= 0.6 is 0 Å². The van der Waals surface area contributed by atoms with Crippen LogP contribution < -0.4 is 10.6 Å². The highest BCUT2D eigenvalue weighted by atomic mass is 14.9. The summed E-state index contributed by atoms with van der Waals surface area (Å²) in [6.45, 7) is 9.87. The van der Waals surface area contributed by atoms with E-state index in [9.17, 15) is 0 Å². The molecule has 3 atom stereocenters. The molecule has 0 saturated heterocycles. The Kier molecular flexibility index (Phi) is 8.56. The van der Waals surface area contributed by atoms with Gasteiger partial charge in [0, 0.05) is 6.04 Å². The lowest BCUT2D eigenvalue weighted by Gasteiger charge is -2.29. The highest BCUT2D eigenvalue weighted by Crippen LogP contribution is 2.29. The van der Waals surface area contributed by atoms with Gasteiger partial charge in [-0.2, -0.15) is 0 Å². The van der Waals surface area contributed by atoms with Crippen LogP contribution in [0.4, 0.5) is 0 Å². The molecule has 0 radical (unpaired) electrons. The summed E-state index contributed by atoms with van der Waals surface area (Å²) in [5.41, 5.74) is 1.27. The molecule has 3 N–H and O–H groups in total. The molecule has 0 spiro atoms. The van der Waals surface area contributed by atoms with Crippen molar-refractivity contribution in [1.82, 2.24) is 5.32 Å². The van der Waals surface area contributed by atoms with E-state index in [1.54, 1.807) is 0 Å². The molecule has 0 aromatic carbocycles. The number of quaternary nitrogens is 1. The van der Waals surface area contributed by atoms with Crippen molar-refractivity contribution in [2.45, 2.75) is 52.0 Å². The average Bonchev–Trinajstić information content (AvgIpc) is 2.45. The van der Waals surface area contributed by atoms with E-state index in [0.29, 0.717) is 6.04 Å². The number of rotatable bonds is 9. The lowest BCUT2D eigenvalue weighted by atomic mass is 9.80. The Morgan fingerprint density at radius 2 is 2.25 bits per heavy atom. The zero-order chi connectivity index (χ0) is 14.8. The van der Waals surface area contributed by atoms with Gasteiger partial charge < -0.3 is 10.6 Å². The van der Waals surface area contributed by atoms with E-state index in [1.165, 1.54) is 37.8 Å². The maximum Gasteiger partial charge on any atom is 0.0928 e. The topological polar surface area (TPSA) is 28.6 Å². The molecule has 0 aromatic heterocycles. The van der Waals surface area contributed by atoms with Gasteiger partial charge >= 0.3 is 0 Å². The first-order valence-corrected chi connectivity index (χ1v) is 8.20. The molecule has 2 nitrogen and oxygen atoms in total. The second kappa shape index (κ2) is 9.95. The van der Waals surface area contributed by atoms with Gasteiger partial charge in [0.1, 0.15) is 0 Å². The Bertz CT molecular complexity index is 330. The summed E-state index contributed by atoms with van der Waals surface area (Å²) in [6.07, 6.45) is 15.2. The summed E-state index contributed by atoms with van der Waals surface area (Å²) in [6, 6.07) is 0.572. The van der Waals surface area contributed by atoms with Crippen molar-refractivity contribution < 1.29 is 5.32 Å². The fourth-order valence-corrected chi connectivity index (χ4v) is 2.82. The maximum absolute atomic E-state index is 4.15. The van der Waals surface area contributed by atoms with Gasteiger partial charge in [-0.05, 0) is 62.6 Å². The molecule has 1 aliphatic rings. The zero-order valence-corrected chi connectivity index (χ0v) is 13.6. The van der Waals surface area contributed by atoms with Crippen LogP contribution in [0, 0.1) is 11.8 Å². The van der Waals surface area contributed by atoms with Crippen molar-refractivity contribution in [3.8, 4) is 0 Å². The molecule has 1 aliphatic carbocycles. The smallest absolute Gasteiger partial charge is 0.0928 e. The van der Waals surface area contributed by atoms with Crippen molar-refractivity contribution in [3.63, 3.8) is 0 Å². The summed E-state index contributed by atoms with van der Waals surface area (Å²) in [4.78, 5) is 0. The molecule has 1 rings (SSSR count). The Hall–Kier alpha value is -0.860. The van der Waals surface area contributed by atoms with Gasteiger partial charge in [0.2, 0.25) is 0 Å². The van der Waals surface area contributed by atoms with Gasteiger partial charge in [-0.3, -0.25) is 0 Å². The quantitative estimate of drug-likeness (QED) is 0.378. The average molecular weight is 277 g/mol. The Balaban J connectivity index is 2.21. The van der Waals surface area contributed by atoms with Gasteiger partial charge in [-0.15, -0.1) is 0 Å². The zero-order valence-electron chi connectivity index (χ0n) is 13.6. The van der Waals surface area contributed by atoms with Crippen LogP contribution in [0.25, 0.3) is 0 Å². The van der Waals surface area contributed by atoms with E-state index < -0.39 is 0 Å². The first-order valence-electron chi connectivity index (χ1n) is 8.20. The summed E-state index contributed by atoms with van der Waals surface area (Å²) < 4.78 is 0. The molecule has 114 valence electrons. The Labute approximate surface area is 125 Å². The minimum Gasteiger partial charge on any atom is -0.320 e. The number of hydrogen-bond donors (Lipinski definition) is 2. The van der Waals surface area contributed by atoms with E-state index in [4.69, 9.17) is 0 Å². The fourth-order valence-electron chi connectivity index (χ4n) is 2.82. The molecular weight excluding hydrogens is 244 g/mol.